The second-order valence-electron chi connectivity index (χ2n) is 5.49. The second kappa shape index (κ2) is 6.08. The standard InChI is InChI=1S/C17H19BrN2O/c18-14-5-6-17(21)13(9-14)11-20-10-12(7-8-19)15-3-1-2-4-16(15)20/h1-6,9,12,21H,7-8,10-11,19H2. The van der Waals surface area contributed by atoms with Crippen LogP contribution >= 0.6 is 15.9 Å². The molecule has 1 unspecified atom stereocenters. The number of phenols is 1. The second-order valence-corrected chi connectivity index (χ2v) is 6.40. The van der Waals surface area contributed by atoms with Crippen LogP contribution in [0.5, 0.6) is 5.75 Å². The van der Waals surface area contributed by atoms with Gasteiger partial charge in [-0.15, -0.1) is 0 Å². The Morgan fingerprint density at radius 1 is 1.24 bits per heavy atom. The number of phenolic OH excluding ortho intramolecular Hbond substituents is 1. The van der Waals surface area contributed by atoms with Gasteiger partial charge in [0.15, 0.2) is 0 Å². The molecule has 3 rings (SSSR count). The van der Waals surface area contributed by atoms with Gasteiger partial charge in [-0.3, -0.25) is 0 Å². The number of anilines is 1. The molecule has 0 radical (unpaired) electrons. The quantitative estimate of drug-likeness (QED) is 0.888. The van der Waals surface area contributed by atoms with Gasteiger partial charge in [-0.25, -0.2) is 0 Å². The zero-order valence-electron chi connectivity index (χ0n) is 11.8. The molecule has 1 heterocycles. The lowest BCUT2D eigenvalue weighted by Crippen LogP contribution is -2.22. The number of nitrogens with two attached hydrogens (primary N) is 1. The summed E-state index contributed by atoms with van der Waals surface area (Å²) in [5.74, 6) is 0.832. The Morgan fingerprint density at radius 3 is 2.86 bits per heavy atom. The van der Waals surface area contributed by atoms with Crippen molar-refractivity contribution in [3.8, 4) is 5.75 Å². The summed E-state index contributed by atoms with van der Waals surface area (Å²) in [6, 6.07) is 14.1. The third kappa shape index (κ3) is 2.92. The van der Waals surface area contributed by atoms with Crippen LogP contribution in [0.25, 0.3) is 0 Å². The molecule has 3 N–H and O–H groups in total. The van der Waals surface area contributed by atoms with Gasteiger partial charge >= 0.3 is 0 Å². The Kier molecular flexibility index (Phi) is 4.17. The van der Waals surface area contributed by atoms with E-state index in [0.29, 0.717) is 24.8 Å². The summed E-state index contributed by atoms with van der Waals surface area (Å²) in [4.78, 5) is 2.33. The van der Waals surface area contributed by atoms with E-state index in [2.05, 4.69) is 45.1 Å². The highest BCUT2D eigenvalue weighted by Gasteiger charge is 2.27. The molecule has 2 aromatic carbocycles. The fraction of sp³-hybridized carbons (Fsp3) is 0.294. The number of halogens is 1. The number of aromatic hydroxyl groups is 1. The van der Waals surface area contributed by atoms with E-state index in [1.807, 2.05) is 12.1 Å². The van der Waals surface area contributed by atoms with E-state index in [9.17, 15) is 5.11 Å². The largest absolute Gasteiger partial charge is 0.508 e. The van der Waals surface area contributed by atoms with Crippen molar-refractivity contribution in [2.45, 2.75) is 18.9 Å². The van der Waals surface area contributed by atoms with Crippen LogP contribution in [0, 0.1) is 0 Å². The average Bonchev–Trinajstić information content (AvgIpc) is 2.82. The van der Waals surface area contributed by atoms with Gasteiger partial charge in [-0.05, 0) is 42.8 Å². The first-order valence-electron chi connectivity index (χ1n) is 7.20. The van der Waals surface area contributed by atoms with Crippen molar-refractivity contribution >= 4 is 21.6 Å². The zero-order chi connectivity index (χ0) is 14.8. The molecule has 0 aliphatic carbocycles. The maximum Gasteiger partial charge on any atom is 0.120 e. The van der Waals surface area contributed by atoms with Crippen molar-refractivity contribution in [3.63, 3.8) is 0 Å². The van der Waals surface area contributed by atoms with Crippen molar-refractivity contribution in [2.75, 3.05) is 18.0 Å². The van der Waals surface area contributed by atoms with E-state index in [-0.39, 0.29) is 0 Å². The lowest BCUT2D eigenvalue weighted by molar-refractivity contribution is 0.467. The predicted molar refractivity (Wildman–Crippen MR) is 89.7 cm³/mol. The molecular formula is C17H19BrN2O. The molecule has 1 aliphatic rings. The van der Waals surface area contributed by atoms with E-state index in [1.165, 1.54) is 11.3 Å². The first kappa shape index (κ1) is 14.4. The van der Waals surface area contributed by atoms with Crippen LogP contribution in [-0.4, -0.2) is 18.2 Å². The molecule has 0 saturated heterocycles. The van der Waals surface area contributed by atoms with Crippen molar-refractivity contribution in [2.24, 2.45) is 5.73 Å². The monoisotopic (exact) mass is 346 g/mol. The number of fused-ring (bicyclic) bond motifs is 1. The Labute approximate surface area is 133 Å². The summed E-state index contributed by atoms with van der Waals surface area (Å²) in [6.07, 6.45) is 0.998. The highest BCUT2D eigenvalue weighted by atomic mass is 79.9. The number of benzene rings is 2. The average molecular weight is 347 g/mol. The number of hydrogen-bond donors (Lipinski definition) is 2. The van der Waals surface area contributed by atoms with E-state index < -0.39 is 0 Å². The van der Waals surface area contributed by atoms with Crippen molar-refractivity contribution in [1.82, 2.24) is 0 Å². The predicted octanol–water partition coefficient (Wildman–Crippen LogP) is 3.61. The molecule has 0 aromatic heterocycles. The molecular weight excluding hydrogens is 328 g/mol. The molecule has 0 fully saturated rings. The lowest BCUT2D eigenvalue weighted by atomic mass is 9.98. The molecule has 21 heavy (non-hydrogen) atoms. The molecule has 2 aromatic rings. The number of hydrogen-bond acceptors (Lipinski definition) is 3. The zero-order valence-corrected chi connectivity index (χ0v) is 13.4. The van der Waals surface area contributed by atoms with Gasteiger partial charge in [-0.1, -0.05) is 34.1 Å². The Morgan fingerprint density at radius 2 is 2.05 bits per heavy atom. The molecule has 0 spiro atoms. The number of nitrogens with zero attached hydrogens (tertiary/aromatic N) is 1. The maximum absolute atomic E-state index is 10.0. The van der Waals surface area contributed by atoms with E-state index >= 15 is 0 Å². The summed E-state index contributed by atoms with van der Waals surface area (Å²) in [7, 11) is 0. The first-order valence-corrected chi connectivity index (χ1v) is 7.99. The van der Waals surface area contributed by atoms with Gasteiger partial charge in [0.2, 0.25) is 0 Å². The summed E-state index contributed by atoms with van der Waals surface area (Å²) in [6.45, 7) is 2.38. The summed E-state index contributed by atoms with van der Waals surface area (Å²) in [5.41, 5.74) is 9.31. The SMILES string of the molecule is NCCC1CN(Cc2cc(Br)ccc2O)c2ccccc21. The van der Waals surface area contributed by atoms with E-state index in [1.54, 1.807) is 6.07 Å². The van der Waals surface area contributed by atoms with Crippen LogP contribution in [0.15, 0.2) is 46.9 Å². The molecule has 0 saturated carbocycles. The van der Waals surface area contributed by atoms with Gasteiger partial charge in [0, 0.05) is 34.7 Å². The smallest absolute Gasteiger partial charge is 0.120 e. The lowest BCUT2D eigenvalue weighted by Gasteiger charge is -2.21. The van der Waals surface area contributed by atoms with Gasteiger partial charge in [0.1, 0.15) is 5.75 Å². The fourth-order valence-electron chi connectivity index (χ4n) is 3.07. The fourth-order valence-corrected chi connectivity index (χ4v) is 3.48. The number of para-hydroxylation sites is 1. The molecule has 1 atom stereocenters. The molecule has 3 nitrogen and oxygen atoms in total. The molecule has 110 valence electrons. The summed E-state index contributed by atoms with van der Waals surface area (Å²) in [5, 5.41) is 10.0. The van der Waals surface area contributed by atoms with E-state index in [0.717, 1.165) is 23.0 Å². The van der Waals surface area contributed by atoms with Crippen molar-refractivity contribution < 1.29 is 5.11 Å². The van der Waals surface area contributed by atoms with Gasteiger partial charge < -0.3 is 15.7 Å². The third-order valence-corrected chi connectivity index (χ3v) is 4.57. The van der Waals surface area contributed by atoms with Crippen LogP contribution in [0.1, 0.15) is 23.5 Å². The minimum Gasteiger partial charge on any atom is -0.508 e. The van der Waals surface area contributed by atoms with Crippen molar-refractivity contribution in [1.29, 1.82) is 0 Å². The summed E-state index contributed by atoms with van der Waals surface area (Å²) < 4.78 is 0.987. The van der Waals surface area contributed by atoms with Crippen molar-refractivity contribution in [3.05, 3.63) is 58.1 Å². The highest BCUT2D eigenvalue weighted by Crippen LogP contribution is 2.39. The van der Waals surface area contributed by atoms with E-state index in [4.69, 9.17) is 5.73 Å². The van der Waals surface area contributed by atoms with Crippen LogP contribution in [-0.2, 0) is 6.54 Å². The van der Waals surface area contributed by atoms with Crippen LogP contribution in [0.4, 0.5) is 5.69 Å². The van der Waals surface area contributed by atoms with Gasteiger partial charge in [0.05, 0.1) is 0 Å². The minimum absolute atomic E-state index is 0.345. The molecule has 0 amide bonds. The molecule has 0 bridgehead atoms. The van der Waals surface area contributed by atoms with Crippen LogP contribution in [0.3, 0.4) is 0 Å². The molecule has 1 aliphatic heterocycles. The Hall–Kier alpha value is -1.52. The van der Waals surface area contributed by atoms with Crippen LogP contribution in [0.2, 0.25) is 0 Å². The normalized spacial score (nSPS) is 17.0. The number of rotatable bonds is 4. The third-order valence-electron chi connectivity index (χ3n) is 4.08. The topological polar surface area (TPSA) is 49.5 Å². The van der Waals surface area contributed by atoms with Gasteiger partial charge in [0.25, 0.3) is 0 Å². The maximum atomic E-state index is 10.0. The summed E-state index contributed by atoms with van der Waals surface area (Å²) >= 11 is 3.47. The van der Waals surface area contributed by atoms with Gasteiger partial charge in [-0.2, -0.15) is 0 Å². The Balaban J connectivity index is 1.88. The highest BCUT2D eigenvalue weighted by molar-refractivity contribution is 9.10. The first-order chi connectivity index (χ1) is 10.2. The van der Waals surface area contributed by atoms with Crippen LogP contribution < -0.4 is 10.6 Å². The molecule has 4 heteroatoms. The Bertz CT molecular complexity index is 644. The minimum atomic E-state index is 0.345.